The molecule has 0 atom stereocenters. The zero-order valence-electron chi connectivity index (χ0n) is 21.3. The molecular weight excluding hydrogens is 500 g/mol. The van der Waals surface area contributed by atoms with Crippen molar-refractivity contribution < 1.29 is 28.1 Å². The number of hydrogen-bond acceptors (Lipinski definition) is 8. The van der Waals surface area contributed by atoms with Gasteiger partial charge in [-0.1, -0.05) is 11.2 Å². The number of morpholine rings is 1. The summed E-state index contributed by atoms with van der Waals surface area (Å²) in [5, 5.41) is 16.0. The summed E-state index contributed by atoms with van der Waals surface area (Å²) >= 11 is 0. The summed E-state index contributed by atoms with van der Waals surface area (Å²) in [5.74, 6) is -0.854. The quantitative estimate of drug-likeness (QED) is 0.290. The molecule has 1 aliphatic rings. The van der Waals surface area contributed by atoms with Crippen molar-refractivity contribution in [1.29, 1.82) is 5.26 Å². The van der Waals surface area contributed by atoms with Gasteiger partial charge in [0.2, 0.25) is 11.7 Å². The molecule has 196 valence electrons. The molecule has 2 aromatic carbocycles. The van der Waals surface area contributed by atoms with Crippen LogP contribution in [-0.4, -0.2) is 54.0 Å². The number of ether oxygens (including phenoxy) is 1. The number of allylic oxidation sites excluding steroid dienone is 1. The van der Waals surface area contributed by atoms with Crippen molar-refractivity contribution in [3.63, 3.8) is 0 Å². The molecule has 4 aromatic rings. The van der Waals surface area contributed by atoms with Gasteiger partial charge in [-0.15, -0.1) is 0 Å². The van der Waals surface area contributed by atoms with E-state index in [-0.39, 0.29) is 28.5 Å². The molecule has 0 saturated carbocycles. The third-order valence-corrected chi connectivity index (χ3v) is 6.52. The van der Waals surface area contributed by atoms with Crippen molar-refractivity contribution in [2.45, 2.75) is 13.8 Å². The molecule has 39 heavy (non-hydrogen) atoms. The number of furan rings is 1. The van der Waals surface area contributed by atoms with E-state index in [2.05, 4.69) is 10.5 Å². The maximum absolute atomic E-state index is 13.5. The van der Waals surface area contributed by atoms with Crippen LogP contribution >= 0.6 is 0 Å². The molecular formula is C29H24N4O6. The molecule has 0 bridgehead atoms. The Morgan fingerprint density at radius 1 is 1.08 bits per heavy atom. The van der Waals surface area contributed by atoms with Crippen LogP contribution in [0.2, 0.25) is 0 Å². The molecule has 0 aliphatic carbocycles. The first-order chi connectivity index (χ1) is 18.9. The number of aromatic nitrogens is 1. The van der Waals surface area contributed by atoms with E-state index < -0.39 is 11.7 Å². The minimum Gasteiger partial charge on any atom is -0.450 e. The first kappa shape index (κ1) is 25.6. The molecule has 1 N–H and O–H groups in total. The number of nitrogens with zero attached hydrogens (tertiary/aromatic N) is 3. The maximum Gasteiger partial charge on any atom is 0.261 e. The maximum atomic E-state index is 13.5. The van der Waals surface area contributed by atoms with E-state index in [4.69, 9.17) is 18.9 Å². The number of amides is 2. The topological polar surface area (TPSA) is 139 Å². The van der Waals surface area contributed by atoms with E-state index in [0.717, 1.165) is 5.56 Å². The van der Waals surface area contributed by atoms with Gasteiger partial charge in [-0.3, -0.25) is 14.4 Å². The smallest absolute Gasteiger partial charge is 0.261 e. The number of aryl methyl sites for hydroxylation is 1. The molecule has 1 saturated heterocycles. The number of hydrogen-bond donors (Lipinski definition) is 1. The Balaban J connectivity index is 1.56. The number of anilines is 1. The van der Waals surface area contributed by atoms with Crippen molar-refractivity contribution >= 4 is 39.8 Å². The highest BCUT2D eigenvalue weighted by Crippen LogP contribution is 2.35. The molecule has 0 unspecified atom stereocenters. The monoisotopic (exact) mass is 524 g/mol. The van der Waals surface area contributed by atoms with Crippen LogP contribution in [0.25, 0.3) is 16.5 Å². The number of nitriles is 1. The Labute approximate surface area is 223 Å². The summed E-state index contributed by atoms with van der Waals surface area (Å²) in [6.07, 6.45) is 2.86. The van der Waals surface area contributed by atoms with Crippen LogP contribution in [0.15, 0.2) is 63.7 Å². The van der Waals surface area contributed by atoms with Crippen molar-refractivity contribution in [1.82, 2.24) is 10.1 Å². The Bertz CT molecular complexity index is 1650. The molecule has 1 fully saturated rings. The summed E-state index contributed by atoms with van der Waals surface area (Å²) in [7, 11) is 0. The van der Waals surface area contributed by atoms with Gasteiger partial charge in [-0.05, 0) is 61.4 Å². The van der Waals surface area contributed by atoms with Crippen LogP contribution in [0, 0.1) is 18.3 Å². The normalized spacial score (nSPS) is 13.8. The fraction of sp³-hybridized carbons (Fsp3) is 0.207. The van der Waals surface area contributed by atoms with Crippen molar-refractivity contribution in [3.8, 4) is 6.07 Å². The third kappa shape index (κ3) is 5.21. The standard InChI is InChI=1S/C29H24N4O6/c1-17(13-25(34)33-9-11-37-12-10-33)21-7-8-24-22(14-21)26(32-29(36)23-16-31-39-18(23)2)28(38-24)27(35)20-5-3-19(15-30)4-6-20/h3-8,13-14,16H,9-12H2,1-2H3,(H,32,36)/b17-13+. The molecule has 0 radical (unpaired) electrons. The lowest BCUT2D eigenvalue weighted by Gasteiger charge is -2.25. The average molecular weight is 525 g/mol. The highest BCUT2D eigenvalue weighted by molar-refractivity contribution is 6.19. The number of benzene rings is 2. The largest absolute Gasteiger partial charge is 0.450 e. The van der Waals surface area contributed by atoms with Gasteiger partial charge in [0, 0.05) is 30.1 Å². The summed E-state index contributed by atoms with van der Waals surface area (Å²) < 4.78 is 16.3. The van der Waals surface area contributed by atoms with Crippen LogP contribution < -0.4 is 5.32 Å². The third-order valence-electron chi connectivity index (χ3n) is 6.52. The molecule has 2 aromatic heterocycles. The molecule has 2 amide bonds. The average Bonchev–Trinajstić information content (AvgIpc) is 3.56. The summed E-state index contributed by atoms with van der Waals surface area (Å²) in [5.41, 5.74) is 2.90. The fourth-order valence-corrected chi connectivity index (χ4v) is 4.30. The number of carbonyl (C=O) groups excluding carboxylic acids is 3. The Morgan fingerprint density at radius 2 is 1.79 bits per heavy atom. The number of fused-ring (bicyclic) bond motifs is 1. The molecule has 10 nitrogen and oxygen atoms in total. The number of nitrogens with one attached hydrogen (secondary N) is 1. The zero-order valence-corrected chi connectivity index (χ0v) is 21.3. The first-order valence-electron chi connectivity index (χ1n) is 12.2. The van der Waals surface area contributed by atoms with Crippen molar-refractivity contribution in [2.24, 2.45) is 0 Å². The lowest BCUT2D eigenvalue weighted by Crippen LogP contribution is -2.39. The fourth-order valence-electron chi connectivity index (χ4n) is 4.30. The summed E-state index contributed by atoms with van der Waals surface area (Å²) in [6.45, 7) is 5.50. The minimum atomic E-state index is -0.523. The second-order valence-electron chi connectivity index (χ2n) is 9.05. The molecule has 0 spiro atoms. The van der Waals surface area contributed by atoms with Gasteiger partial charge in [0.15, 0.2) is 5.76 Å². The minimum absolute atomic E-state index is 0.0691. The van der Waals surface area contributed by atoms with Crippen LogP contribution in [-0.2, 0) is 9.53 Å². The van der Waals surface area contributed by atoms with Gasteiger partial charge in [-0.25, -0.2) is 0 Å². The number of carbonyl (C=O) groups is 3. The second kappa shape index (κ2) is 10.8. The predicted octanol–water partition coefficient (Wildman–Crippen LogP) is 4.35. The number of ketones is 1. The zero-order chi connectivity index (χ0) is 27.5. The van der Waals surface area contributed by atoms with E-state index >= 15 is 0 Å². The van der Waals surface area contributed by atoms with Gasteiger partial charge in [0.25, 0.3) is 5.91 Å². The van der Waals surface area contributed by atoms with E-state index in [9.17, 15) is 14.4 Å². The summed E-state index contributed by atoms with van der Waals surface area (Å²) in [4.78, 5) is 41.1. The SMILES string of the molecule is C/C(=C\C(=O)N1CCOCC1)c1ccc2oc(C(=O)c3ccc(C#N)cc3)c(NC(=O)c3cnoc3C)c2c1. The van der Waals surface area contributed by atoms with Crippen LogP contribution in [0.1, 0.15) is 50.3 Å². The van der Waals surface area contributed by atoms with E-state index in [0.29, 0.717) is 54.2 Å². The summed E-state index contributed by atoms with van der Waals surface area (Å²) in [6, 6.07) is 13.4. The van der Waals surface area contributed by atoms with Crippen LogP contribution in [0.3, 0.4) is 0 Å². The molecule has 1 aliphatic heterocycles. The van der Waals surface area contributed by atoms with Gasteiger partial charge >= 0.3 is 0 Å². The predicted molar refractivity (Wildman–Crippen MR) is 141 cm³/mol. The first-order valence-corrected chi connectivity index (χ1v) is 12.2. The van der Waals surface area contributed by atoms with Gasteiger partial charge in [0.05, 0.1) is 36.7 Å². The van der Waals surface area contributed by atoms with Crippen LogP contribution in [0.4, 0.5) is 5.69 Å². The second-order valence-corrected chi connectivity index (χ2v) is 9.05. The van der Waals surface area contributed by atoms with Gasteiger partial charge < -0.3 is 23.9 Å². The van der Waals surface area contributed by atoms with Crippen molar-refractivity contribution in [3.05, 3.63) is 88.5 Å². The van der Waals surface area contributed by atoms with E-state index in [1.54, 1.807) is 36.1 Å². The van der Waals surface area contributed by atoms with Gasteiger partial charge in [0.1, 0.15) is 16.9 Å². The van der Waals surface area contributed by atoms with Gasteiger partial charge in [-0.2, -0.15) is 5.26 Å². The van der Waals surface area contributed by atoms with E-state index in [1.165, 1.54) is 30.5 Å². The Hall–Kier alpha value is -5.01. The van der Waals surface area contributed by atoms with E-state index in [1.807, 2.05) is 13.0 Å². The Kier molecular flexibility index (Phi) is 7.08. The number of rotatable bonds is 6. The Morgan fingerprint density at radius 3 is 2.46 bits per heavy atom. The molecule has 10 heteroatoms. The highest BCUT2D eigenvalue weighted by atomic mass is 16.5. The van der Waals surface area contributed by atoms with Crippen LogP contribution in [0.5, 0.6) is 0 Å². The highest BCUT2D eigenvalue weighted by Gasteiger charge is 2.26. The molecule has 3 heterocycles. The molecule has 5 rings (SSSR count). The lowest BCUT2D eigenvalue weighted by molar-refractivity contribution is -0.129. The van der Waals surface area contributed by atoms with Crippen molar-refractivity contribution in [2.75, 3.05) is 31.6 Å². The lowest BCUT2D eigenvalue weighted by atomic mass is 10.0.